The maximum atomic E-state index is 11.1. The van der Waals surface area contributed by atoms with E-state index in [2.05, 4.69) is 6.58 Å². The van der Waals surface area contributed by atoms with Gasteiger partial charge in [0.1, 0.15) is 4.88 Å². The van der Waals surface area contributed by atoms with Gasteiger partial charge in [-0.1, -0.05) is 18.7 Å². The minimum atomic E-state index is -0.474. The second kappa shape index (κ2) is 4.31. The predicted molar refractivity (Wildman–Crippen MR) is 65.8 cm³/mol. The molecule has 0 radical (unpaired) electrons. The number of nitrogens with two attached hydrogens (primary N) is 2. The highest BCUT2D eigenvalue weighted by atomic mass is 32.1. The first-order valence-electron chi connectivity index (χ1n) is 4.47. The summed E-state index contributed by atoms with van der Waals surface area (Å²) < 4.78 is 0. The third kappa shape index (κ3) is 2.10. The molecule has 1 heterocycles. The molecule has 0 saturated heterocycles. The molecule has 3 nitrogen and oxygen atoms in total. The molecular weight excluding hydrogens is 208 g/mol. The molecule has 0 aliphatic rings. The summed E-state index contributed by atoms with van der Waals surface area (Å²) >= 11 is 1.33. The number of rotatable bonds is 3. The third-order valence-corrected chi connectivity index (χ3v) is 3.24. The Labute approximate surface area is 93.1 Å². The van der Waals surface area contributed by atoms with E-state index in [4.69, 9.17) is 11.5 Å². The van der Waals surface area contributed by atoms with Crippen LogP contribution in [0.4, 0.5) is 5.69 Å². The number of primary amides is 1. The van der Waals surface area contributed by atoms with Gasteiger partial charge in [-0.25, -0.2) is 0 Å². The maximum absolute atomic E-state index is 11.1. The van der Waals surface area contributed by atoms with Crippen LogP contribution in [0, 0.1) is 6.92 Å². The average Bonchev–Trinajstić information content (AvgIpc) is 2.42. The smallest absolute Gasteiger partial charge is 0.260 e. The van der Waals surface area contributed by atoms with Crippen molar-refractivity contribution in [3.63, 3.8) is 0 Å². The van der Waals surface area contributed by atoms with E-state index in [-0.39, 0.29) is 0 Å². The second-order valence-electron chi connectivity index (χ2n) is 3.23. The van der Waals surface area contributed by atoms with E-state index in [1.54, 1.807) is 6.08 Å². The van der Waals surface area contributed by atoms with Crippen LogP contribution in [0.2, 0.25) is 0 Å². The highest BCUT2D eigenvalue weighted by molar-refractivity contribution is 7.14. The maximum Gasteiger partial charge on any atom is 0.260 e. The largest absolute Gasteiger partial charge is 0.397 e. The van der Waals surface area contributed by atoms with E-state index >= 15 is 0 Å². The number of carbonyl (C=O) groups excluding carboxylic acids is 1. The molecule has 0 aliphatic heterocycles. The molecule has 0 atom stereocenters. The number of hydrogen-bond donors (Lipinski definition) is 2. The Bertz CT molecular complexity index is 444. The lowest BCUT2D eigenvalue weighted by Gasteiger charge is -2.01. The summed E-state index contributed by atoms with van der Waals surface area (Å²) in [6.45, 7) is 7.47. The third-order valence-electron chi connectivity index (χ3n) is 2.11. The van der Waals surface area contributed by atoms with Crippen molar-refractivity contribution in [1.82, 2.24) is 0 Å². The van der Waals surface area contributed by atoms with Crippen LogP contribution in [0.25, 0.3) is 5.57 Å². The highest BCUT2D eigenvalue weighted by Crippen LogP contribution is 2.34. The van der Waals surface area contributed by atoms with Crippen LogP contribution in [-0.4, -0.2) is 5.91 Å². The summed E-state index contributed by atoms with van der Waals surface area (Å²) in [6.07, 6.45) is 3.55. The molecule has 15 heavy (non-hydrogen) atoms. The Balaban J connectivity index is 3.37. The van der Waals surface area contributed by atoms with Gasteiger partial charge >= 0.3 is 0 Å². The van der Waals surface area contributed by atoms with Crippen LogP contribution >= 0.6 is 11.3 Å². The van der Waals surface area contributed by atoms with Gasteiger partial charge in [0.05, 0.1) is 5.69 Å². The summed E-state index contributed by atoms with van der Waals surface area (Å²) in [4.78, 5) is 12.5. The van der Waals surface area contributed by atoms with E-state index < -0.39 is 5.91 Å². The average molecular weight is 222 g/mol. The zero-order valence-electron chi connectivity index (χ0n) is 8.83. The molecule has 80 valence electrons. The van der Waals surface area contributed by atoms with Crippen LogP contribution in [0.15, 0.2) is 18.7 Å². The van der Waals surface area contributed by atoms with E-state index in [1.165, 1.54) is 11.3 Å². The van der Waals surface area contributed by atoms with Crippen molar-refractivity contribution in [1.29, 1.82) is 0 Å². The Hall–Kier alpha value is -1.55. The standard InChI is InChI=1S/C11H14N2OS/c1-4-5-6(2)8-7(3)15-10(9(8)12)11(13)14/h4-5H,1,12H2,2-3H3,(H2,13,14)/b6-5-. The summed E-state index contributed by atoms with van der Waals surface area (Å²) in [5, 5.41) is 0. The van der Waals surface area contributed by atoms with E-state index in [1.807, 2.05) is 19.9 Å². The fourth-order valence-corrected chi connectivity index (χ4v) is 2.49. The van der Waals surface area contributed by atoms with Crippen LogP contribution < -0.4 is 11.5 Å². The number of aryl methyl sites for hydroxylation is 1. The van der Waals surface area contributed by atoms with Crippen LogP contribution in [0.5, 0.6) is 0 Å². The number of amides is 1. The Morgan fingerprint density at radius 1 is 1.53 bits per heavy atom. The lowest BCUT2D eigenvalue weighted by Crippen LogP contribution is -2.11. The minimum Gasteiger partial charge on any atom is -0.397 e. The van der Waals surface area contributed by atoms with Crippen molar-refractivity contribution >= 4 is 28.5 Å². The Kier molecular flexibility index (Phi) is 3.31. The molecule has 0 fully saturated rings. The van der Waals surface area contributed by atoms with Crippen molar-refractivity contribution in [2.45, 2.75) is 13.8 Å². The molecule has 1 aromatic heterocycles. The monoisotopic (exact) mass is 222 g/mol. The first kappa shape index (κ1) is 11.5. The van der Waals surface area contributed by atoms with Gasteiger partial charge in [-0.3, -0.25) is 4.79 Å². The van der Waals surface area contributed by atoms with Gasteiger partial charge in [0, 0.05) is 10.4 Å². The topological polar surface area (TPSA) is 69.1 Å². The summed E-state index contributed by atoms with van der Waals surface area (Å²) in [6, 6.07) is 0. The number of anilines is 1. The lowest BCUT2D eigenvalue weighted by atomic mass is 10.1. The fourth-order valence-electron chi connectivity index (χ4n) is 1.50. The number of carbonyl (C=O) groups is 1. The van der Waals surface area contributed by atoms with E-state index in [9.17, 15) is 4.79 Å². The van der Waals surface area contributed by atoms with Gasteiger partial charge in [-0.15, -0.1) is 11.3 Å². The fraction of sp³-hybridized carbons (Fsp3) is 0.182. The first-order chi connectivity index (χ1) is 6.99. The molecule has 0 spiro atoms. The van der Waals surface area contributed by atoms with Crippen molar-refractivity contribution in [2.24, 2.45) is 5.73 Å². The second-order valence-corrected chi connectivity index (χ2v) is 4.45. The number of nitrogen functional groups attached to an aromatic ring is 1. The number of hydrogen-bond acceptors (Lipinski definition) is 3. The van der Waals surface area contributed by atoms with Gasteiger partial charge in [0.25, 0.3) is 5.91 Å². The molecule has 0 unspecified atom stereocenters. The van der Waals surface area contributed by atoms with Gasteiger partial charge in [-0.05, 0) is 19.4 Å². The van der Waals surface area contributed by atoms with Gasteiger partial charge in [0.2, 0.25) is 0 Å². The highest BCUT2D eigenvalue weighted by Gasteiger charge is 2.17. The van der Waals surface area contributed by atoms with Crippen LogP contribution in [-0.2, 0) is 0 Å². The molecule has 0 aliphatic carbocycles. The molecule has 0 aromatic carbocycles. The molecule has 4 N–H and O–H groups in total. The van der Waals surface area contributed by atoms with Gasteiger partial charge in [0.15, 0.2) is 0 Å². The minimum absolute atomic E-state index is 0.430. The first-order valence-corrected chi connectivity index (χ1v) is 5.29. The predicted octanol–water partition coefficient (Wildman–Crippen LogP) is 2.33. The Morgan fingerprint density at radius 2 is 2.13 bits per heavy atom. The number of thiophene rings is 1. The summed E-state index contributed by atoms with van der Waals surface area (Å²) in [5.74, 6) is -0.474. The van der Waals surface area contributed by atoms with Crippen LogP contribution in [0.1, 0.15) is 27.0 Å². The molecular formula is C11H14N2OS. The normalized spacial score (nSPS) is 11.5. The quantitative estimate of drug-likeness (QED) is 0.770. The molecule has 1 aromatic rings. The van der Waals surface area contributed by atoms with Crippen molar-refractivity contribution in [3.05, 3.63) is 34.0 Å². The summed E-state index contributed by atoms with van der Waals surface area (Å²) in [5.41, 5.74) is 13.5. The zero-order valence-corrected chi connectivity index (χ0v) is 9.65. The molecule has 1 amide bonds. The number of allylic oxidation sites excluding steroid dienone is 3. The summed E-state index contributed by atoms with van der Waals surface area (Å²) in [7, 11) is 0. The van der Waals surface area contributed by atoms with Crippen molar-refractivity contribution in [2.75, 3.05) is 5.73 Å². The van der Waals surface area contributed by atoms with Crippen LogP contribution in [0.3, 0.4) is 0 Å². The zero-order chi connectivity index (χ0) is 11.6. The molecule has 1 rings (SSSR count). The molecule has 0 saturated carbocycles. The molecule has 4 heteroatoms. The van der Waals surface area contributed by atoms with E-state index in [0.717, 1.165) is 16.0 Å². The van der Waals surface area contributed by atoms with E-state index in [0.29, 0.717) is 10.6 Å². The Morgan fingerprint density at radius 3 is 2.53 bits per heavy atom. The SMILES string of the molecule is C=C/C=C(/C)c1c(C)sc(C(N)=O)c1N. The van der Waals surface area contributed by atoms with Crippen molar-refractivity contribution in [3.8, 4) is 0 Å². The van der Waals surface area contributed by atoms with Gasteiger partial charge < -0.3 is 11.5 Å². The van der Waals surface area contributed by atoms with Crippen molar-refractivity contribution < 1.29 is 4.79 Å². The molecule has 0 bridgehead atoms. The van der Waals surface area contributed by atoms with Gasteiger partial charge in [-0.2, -0.15) is 0 Å². The lowest BCUT2D eigenvalue weighted by molar-refractivity contribution is 0.100.